The topological polar surface area (TPSA) is 18.1 Å². The van der Waals surface area contributed by atoms with Crippen molar-refractivity contribution in [3.8, 4) is 27.9 Å². The molecule has 0 N–H and O–H groups in total. The molecule has 2 heterocycles. The molecule has 8 rings (SSSR count). The second-order valence-corrected chi connectivity index (χ2v) is 10.4. The minimum Gasteiger partial charge on any atom is -0.456 e. The van der Waals surface area contributed by atoms with Crippen molar-refractivity contribution in [2.45, 2.75) is 0 Å². The highest BCUT2D eigenvalue weighted by molar-refractivity contribution is 6.30. The smallest absolute Gasteiger partial charge is 0.136 e. The fourth-order valence-corrected chi connectivity index (χ4v) is 6.07. The number of halogens is 1. The molecule has 0 aliphatic heterocycles. The van der Waals surface area contributed by atoms with Crippen LogP contribution in [0, 0.1) is 0 Å². The molecular weight excluding hydrogens is 498 g/mol. The molecule has 0 radical (unpaired) electrons. The summed E-state index contributed by atoms with van der Waals surface area (Å²) in [4.78, 5) is 0. The van der Waals surface area contributed by atoms with Crippen LogP contribution < -0.4 is 0 Å². The Hall–Kier alpha value is -4.79. The van der Waals surface area contributed by atoms with Gasteiger partial charge < -0.3 is 8.98 Å². The van der Waals surface area contributed by atoms with Crippen molar-refractivity contribution in [1.29, 1.82) is 0 Å². The summed E-state index contributed by atoms with van der Waals surface area (Å²) in [5, 5.41) is 5.47. The van der Waals surface area contributed by atoms with Crippen molar-refractivity contribution in [1.82, 2.24) is 4.57 Å². The fraction of sp³-hybridized carbons (Fsp3) is 0. The van der Waals surface area contributed by atoms with Gasteiger partial charge in [-0.3, -0.25) is 0 Å². The van der Waals surface area contributed by atoms with Crippen molar-refractivity contribution in [3.05, 3.63) is 138 Å². The van der Waals surface area contributed by atoms with Gasteiger partial charge >= 0.3 is 0 Å². The van der Waals surface area contributed by atoms with Crippen LogP contribution in [0.4, 0.5) is 0 Å². The van der Waals surface area contributed by atoms with Crippen molar-refractivity contribution in [2.75, 3.05) is 0 Å². The molecule has 2 aromatic heterocycles. The number of furan rings is 1. The standard InChI is InChI=1S/C36H22ClNO/c37-26-9-7-8-25(20-26)27-18-16-23(24-17-19-31-30-12-3-6-15-35(30)39-36(31)22-24)21-34(27)38-32-13-4-1-10-28(32)29-11-2-5-14-33(29)38/h1-22H. The minimum atomic E-state index is 0.722. The molecule has 0 spiro atoms. The molecule has 0 bridgehead atoms. The average Bonchev–Trinajstić information content (AvgIpc) is 3.52. The van der Waals surface area contributed by atoms with Crippen LogP contribution in [0.3, 0.4) is 0 Å². The zero-order chi connectivity index (χ0) is 25.9. The van der Waals surface area contributed by atoms with E-state index in [2.05, 4.69) is 108 Å². The maximum atomic E-state index is 6.46. The molecule has 6 aromatic carbocycles. The first kappa shape index (κ1) is 22.2. The molecule has 0 fully saturated rings. The quantitative estimate of drug-likeness (QED) is 0.227. The van der Waals surface area contributed by atoms with Crippen LogP contribution >= 0.6 is 11.6 Å². The van der Waals surface area contributed by atoms with Gasteiger partial charge in [0.25, 0.3) is 0 Å². The van der Waals surface area contributed by atoms with E-state index in [1.807, 2.05) is 30.3 Å². The van der Waals surface area contributed by atoms with Gasteiger partial charge in [0.15, 0.2) is 0 Å². The van der Waals surface area contributed by atoms with E-state index in [1.165, 1.54) is 21.8 Å². The second kappa shape index (κ2) is 8.62. The minimum absolute atomic E-state index is 0.722. The molecule has 8 aromatic rings. The third kappa shape index (κ3) is 3.49. The van der Waals surface area contributed by atoms with Gasteiger partial charge in [-0.05, 0) is 65.2 Å². The van der Waals surface area contributed by atoms with Crippen LogP contribution in [-0.4, -0.2) is 4.57 Å². The molecular formula is C36H22ClNO. The van der Waals surface area contributed by atoms with E-state index >= 15 is 0 Å². The summed E-state index contributed by atoms with van der Waals surface area (Å²) >= 11 is 6.46. The lowest BCUT2D eigenvalue weighted by atomic mass is 9.97. The average molecular weight is 520 g/mol. The summed E-state index contributed by atoms with van der Waals surface area (Å²) in [6.45, 7) is 0. The van der Waals surface area contributed by atoms with Crippen molar-refractivity contribution in [2.24, 2.45) is 0 Å². The lowest BCUT2D eigenvalue weighted by molar-refractivity contribution is 0.669. The molecule has 0 saturated carbocycles. The van der Waals surface area contributed by atoms with Crippen molar-refractivity contribution >= 4 is 55.3 Å². The highest BCUT2D eigenvalue weighted by atomic mass is 35.5. The predicted octanol–water partition coefficient (Wildman–Crippen LogP) is 10.7. The normalized spacial score (nSPS) is 11.7. The molecule has 39 heavy (non-hydrogen) atoms. The Balaban J connectivity index is 1.42. The van der Waals surface area contributed by atoms with Crippen LogP contribution in [0.2, 0.25) is 5.02 Å². The van der Waals surface area contributed by atoms with Gasteiger partial charge in [0.1, 0.15) is 11.2 Å². The summed E-state index contributed by atoms with van der Waals surface area (Å²) in [5.41, 5.74) is 9.70. The Kier molecular flexibility index (Phi) is 4.91. The molecule has 0 saturated heterocycles. The molecule has 0 unspecified atom stereocenters. The lowest BCUT2D eigenvalue weighted by Crippen LogP contribution is -1.98. The molecule has 0 atom stereocenters. The summed E-state index contributed by atoms with van der Waals surface area (Å²) in [6.07, 6.45) is 0. The van der Waals surface area contributed by atoms with E-state index in [1.54, 1.807) is 0 Å². The maximum Gasteiger partial charge on any atom is 0.136 e. The molecule has 2 nitrogen and oxygen atoms in total. The van der Waals surface area contributed by atoms with Gasteiger partial charge in [-0.25, -0.2) is 0 Å². The number of benzene rings is 6. The van der Waals surface area contributed by atoms with E-state index in [9.17, 15) is 0 Å². The van der Waals surface area contributed by atoms with E-state index in [-0.39, 0.29) is 0 Å². The monoisotopic (exact) mass is 519 g/mol. The highest BCUT2D eigenvalue weighted by Gasteiger charge is 2.17. The molecule has 0 amide bonds. The third-order valence-electron chi connectivity index (χ3n) is 7.67. The summed E-state index contributed by atoms with van der Waals surface area (Å²) in [7, 11) is 0. The number of hydrogen-bond donors (Lipinski definition) is 0. The lowest BCUT2D eigenvalue weighted by Gasteiger charge is -2.16. The van der Waals surface area contributed by atoms with Gasteiger partial charge in [0.05, 0.1) is 16.7 Å². The van der Waals surface area contributed by atoms with Gasteiger partial charge in [0.2, 0.25) is 0 Å². The summed E-state index contributed by atoms with van der Waals surface area (Å²) in [6, 6.07) is 46.7. The van der Waals surface area contributed by atoms with E-state index < -0.39 is 0 Å². The van der Waals surface area contributed by atoms with Crippen LogP contribution in [0.25, 0.3) is 71.7 Å². The van der Waals surface area contributed by atoms with Crippen LogP contribution in [-0.2, 0) is 0 Å². The van der Waals surface area contributed by atoms with E-state index in [4.69, 9.17) is 16.0 Å². The Morgan fingerprint density at radius 2 is 1.10 bits per heavy atom. The van der Waals surface area contributed by atoms with Crippen LogP contribution in [0.5, 0.6) is 0 Å². The number of fused-ring (bicyclic) bond motifs is 6. The maximum absolute atomic E-state index is 6.46. The predicted molar refractivity (Wildman–Crippen MR) is 164 cm³/mol. The van der Waals surface area contributed by atoms with Gasteiger partial charge in [-0.1, -0.05) is 96.5 Å². The first-order chi connectivity index (χ1) is 19.2. The second-order valence-electron chi connectivity index (χ2n) is 9.92. The van der Waals surface area contributed by atoms with E-state index in [0.29, 0.717) is 0 Å². The van der Waals surface area contributed by atoms with Gasteiger partial charge in [0, 0.05) is 32.1 Å². The molecule has 0 aliphatic rings. The number of para-hydroxylation sites is 3. The van der Waals surface area contributed by atoms with Crippen LogP contribution in [0.1, 0.15) is 0 Å². The SMILES string of the molecule is Clc1cccc(-c2ccc(-c3ccc4c(c3)oc3ccccc34)cc2-n2c3ccccc3c3ccccc32)c1. The third-order valence-corrected chi connectivity index (χ3v) is 7.90. The first-order valence-electron chi connectivity index (χ1n) is 13.0. The number of rotatable bonds is 3. The van der Waals surface area contributed by atoms with Crippen LogP contribution in [0.15, 0.2) is 138 Å². The molecule has 184 valence electrons. The van der Waals surface area contributed by atoms with E-state index in [0.717, 1.165) is 54.9 Å². The van der Waals surface area contributed by atoms with Gasteiger partial charge in [-0.2, -0.15) is 0 Å². The first-order valence-corrected chi connectivity index (χ1v) is 13.4. The molecule has 0 aliphatic carbocycles. The van der Waals surface area contributed by atoms with Crippen molar-refractivity contribution in [3.63, 3.8) is 0 Å². The summed E-state index contributed by atoms with van der Waals surface area (Å²) < 4.78 is 8.60. The summed E-state index contributed by atoms with van der Waals surface area (Å²) in [5.74, 6) is 0. The number of aromatic nitrogens is 1. The Morgan fingerprint density at radius 3 is 1.87 bits per heavy atom. The largest absolute Gasteiger partial charge is 0.456 e. The van der Waals surface area contributed by atoms with Gasteiger partial charge in [-0.15, -0.1) is 0 Å². The Labute approximate surface area is 230 Å². The number of nitrogens with zero attached hydrogens (tertiary/aromatic N) is 1. The highest BCUT2D eigenvalue weighted by Crippen LogP contribution is 2.39. The molecule has 3 heteroatoms. The fourth-order valence-electron chi connectivity index (χ4n) is 5.88. The van der Waals surface area contributed by atoms with Crippen molar-refractivity contribution < 1.29 is 4.42 Å². The Morgan fingerprint density at radius 1 is 0.462 bits per heavy atom. The zero-order valence-electron chi connectivity index (χ0n) is 20.9. The number of hydrogen-bond acceptors (Lipinski definition) is 1. The Bertz CT molecular complexity index is 2150. The zero-order valence-corrected chi connectivity index (χ0v) is 21.7.